The van der Waals surface area contributed by atoms with Crippen molar-refractivity contribution in [2.45, 2.75) is 45.8 Å². The number of nitrogens with zero attached hydrogens (tertiary/aromatic N) is 2. The van der Waals surface area contributed by atoms with E-state index in [0.29, 0.717) is 5.56 Å². The molecule has 6 heteroatoms. The Bertz CT molecular complexity index is 665. The van der Waals surface area contributed by atoms with Gasteiger partial charge in [0.25, 0.3) is 5.91 Å². The van der Waals surface area contributed by atoms with E-state index in [1.807, 2.05) is 20.8 Å². The second kappa shape index (κ2) is 5.92. The molecule has 0 aromatic heterocycles. The fourth-order valence-electron chi connectivity index (χ4n) is 3.52. The van der Waals surface area contributed by atoms with Gasteiger partial charge in [-0.25, -0.2) is 0 Å². The van der Waals surface area contributed by atoms with Gasteiger partial charge in [0, 0.05) is 18.0 Å². The van der Waals surface area contributed by atoms with Crippen LogP contribution in [-0.2, 0) is 9.59 Å². The largest absolute Gasteiger partial charge is 0.481 e. The molecule has 1 aromatic carbocycles. The molecule has 1 aliphatic rings. The van der Waals surface area contributed by atoms with Gasteiger partial charge in [-0.15, -0.1) is 0 Å². The number of aliphatic carboxylic acids is 1. The van der Waals surface area contributed by atoms with E-state index in [1.165, 1.54) is 16.7 Å². The maximum absolute atomic E-state index is 13.1. The van der Waals surface area contributed by atoms with Crippen LogP contribution in [0.4, 0.5) is 0 Å². The van der Waals surface area contributed by atoms with Gasteiger partial charge in [0.05, 0.1) is 6.42 Å². The molecule has 2 amide bonds. The molecule has 0 spiro atoms. The summed E-state index contributed by atoms with van der Waals surface area (Å²) in [7, 11) is 1.62. The Hall–Kier alpha value is -2.37. The van der Waals surface area contributed by atoms with Crippen molar-refractivity contribution < 1.29 is 19.5 Å². The second-order valence-electron chi connectivity index (χ2n) is 7.54. The molecule has 1 fully saturated rings. The number of benzene rings is 1. The fraction of sp³-hybridized carbons (Fsp3) is 0.500. The zero-order valence-corrected chi connectivity index (χ0v) is 14.7. The molecular weight excluding hydrogens is 308 g/mol. The molecule has 1 aliphatic heterocycles. The van der Waals surface area contributed by atoms with Crippen LogP contribution in [0, 0.1) is 5.41 Å². The summed E-state index contributed by atoms with van der Waals surface area (Å²) in [4.78, 5) is 40.3. The summed E-state index contributed by atoms with van der Waals surface area (Å²) in [5.74, 6) is -1.80. The van der Waals surface area contributed by atoms with Crippen LogP contribution in [0.2, 0.25) is 0 Å². The molecular formula is C18H24N2O4. The van der Waals surface area contributed by atoms with Gasteiger partial charge < -0.3 is 14.9 Å². The van der Waals surface area contributed by atoms with Crippen molar-refractivity contribution in [3.63, 3.8) is 0 Å². The van der Waals surface area contributed by atoms with Crippen molar-refractivity contribution >= 4 is 17.8 Å². The SMILES string of the molecule is CN1C(=O)C(C)(CC(=O)O)N(C(=O)c2ccccc2)C1C(C)(C)C. The summed E-state index contributed by atoms with van der Waals surface area (Å²) in [6, 6.07) is 8.64. The summed E-state index contributed by atoms with van der Waals surface area (Å²) in [5, 5.41) is 9.29. The lowest BCUT2D eigenvalue weighted by Crippen LogP contribution is -2.55. The molecule has 24 heavy (non-hydrogen) atoms. The Labute approximate surface area is 142 Å². The molecule has 0 radical (unpaired) electrons. The minimum Gasteiger partial charge on any atom is -0.481 e. The van der Waals surface area contributed by atoms with Crippen molar-refractivity contribution in [3.05, 3.63) is 35.9 Å². The Balaban J connectivity index is 2.60. The third-order valence-corrected chi connectivity index (χ3v) is 4.43. The standard InChI is InChI=1S/C18H24N2O4/c1-17(2,3)15-19(5)16(24)18(4,11-13(21)22)20(15)14(23)12-9-7-6-8-10-12/h6-10,15H,11H2,1-5H3,(H,21,22). The smallest absolute Gasteiger partial charge is 0.306 e. The first kappa shape index (κ1) is 18.0. The van der Waals surface area contributed by atoms with Crippen LogP contribution in [0.3, 0.4) is 0 Å². The molecule has 1 aromatic rings. The zero-order chi connectivity index (χ0) is 18.3. The molecule has 1 N–H and O–H groups in total. The molecule has 6 nitrogen and oxygen atoms in total. The van der Waals surface area contributed by atoms with Crippen LogP contribution < -0.4 is 0 Å². The van der Waals surface area contributed by atoms with Crippen molar-refractivity contribution in [1.29, 1.82) is 0 Å². The van der Waals surface area contributed by atoms with Crippen molar-refractivity contribution in [2.24, 2.45) is 5.41 Å². The van der Waals surface area contributed by atoms with Crippen LogP contribution in [-0.4, -0.2) is 51.4 Å². The van der Waals surface area contributed by atoms with Crippen molar-refractivity contribution in [3.8, 4) is 0 Å². The number of carbonyl (C=O) groups is 3. The fourth-order valence-corrected chi connectivity index (χ4v) is 3.52. The third-order valence-electron chi connectivity index (χ3n) is 4.43. The molecule has 0 saturated carbocycles. The normalized spacial score (nSPS) is 24.4. The van der Waals surface area contributed by atoms with Gasteiger partial charge in [0.15, 0.2) is 0 Å². The van der Waals surface area contributed by atoms with E-state index in [0.717, 1.165) is 0 Å². The highest BCUT2D eigenvalue weighted by atomic mass is 16.4. The predicted molar refractivity (Wildman–Crippen MR) is 89.3 cm³/mol. The first-order valence-electron chi connectivity index (χ1n) is 7.88. The highest BCUT2D eigenvalue weighted by Crippen LogP contribution is 2.41. The Morgan fingerprint density at radius 1 is 1.21 bits per heavy atom. The Kier molecular flexibility index (Phi) is 4.44. The van der Waals surface area contributed by atoms with Gasteiger partial charge >= 0.3 is 5.97 Å². The lowest BCUT2D eigenvalue weighted by atomic mass is 9.88. The van der Waals surface area contributed by atoms with E-state index in [9.17, 15) is 19.5 Å². The number of rotatable bonds is 3. The average molecular weight is 332 g/mol. The van der Waals surface area contributed by atoms with Crippen LogP contribution in [0.1, 0.15) is 44.5 Å². The molecule has 0 bridgehead atoms. The monoisotopic (exact) mass is 332 g/mol. The van der Waals surface area contributed by atoms with Crippen LogP contribution in [0.25, 0.3) is 0 Å². The molecule has 0 aliphatic carbocycles. The van der Waals surface area contributed by atoms with Crippen LogP contribution >= 0.6 is 0 Å². The summed E-state index contributed by atoms with van der Waals surface area (Å²) < 4.78 is 0. The topological polar surface area (TPSA) is 77.9 Å². The van der Waals surface area contributed by atoms with E-state index in [4.69, 9.17) is 0 Å². The van der Waals surface area contributed by atoms with Gasteiger partial charge in [-0.2, -0.15) is 0 Å². The number of hydrogen-bond donors (Lipinski definition) is 1. The minimum absolute atomic E-state index is 0.336. The minimum atomic E-state index is -1.41. The number of carboxylic acids is 1. The molecule has 2 rings (SSSR count). The summed E-state index contributed by atoms with van der Waals surface area (Å²) in [6.07, 6.45) is -0.955. The van der Waals surface area contributed by atoms with Crippen molar-refractivity contribution in [2.75, 3.05) is 7.05 Å². The quantitative estimate of drug-likeness (QED) is 0.920. The number of likely N-dealkylation sites (N-methyl/N-ethyl adjacent to an activating group) is 1. The second-order valence-corrected chi connectivity index (χ2v) is 7.54. The van der Waals surface area contributed by atoms with E-state index in [-0.39, 0.29) is 11.8 Å². The lowest BCUT2D eigenvalue weighted by molar-refractivity contribution is -0.144. The van der Waals surface area contributed by atoms with E-state index >= 15 is 0 Å². The summed E-state index contributed by atoms with van der Waals surface area (Å²) >= 11 is 0. The first-order valence-corrected chi connectivity index (χ1v) is 7.88. The number of hydrogen-bond acceptors (Lipinski definition) is 3. The Morgan fingerprint density at radius 3 is 2.21 bits per heavy atom. The average Bonchev–Trinajstić information content (AvgIpc) is 2.67. The molecule has 2 atom stereocenters. The van der Waals surface area contributed by atoms with Gasteiger partial charge in [0.2, 0.25) is 5.91 Å². The number of carboxylic acid groups (broad SMARTS) is 1. The van der Waals surface area contributed by atoms with Crippen molar-refractivity contribution in [1.82, 2.24) is 9.80 Å². The van der Waals surface area contributed by atoms with E-state index < -0.39 is 29.5 Å². The molecule has 1 saturated heterocycles. The summed E-state index contributed by atoms with van der Waals surface area (Å²) in [5.41, 5.74) is -1.40. The third kappa shape index (κ3) is 2.88. The number of amides is 2. The Morgan fingerprint density at radius 2 is 1.75 bits per heavy atom. The van der Waals surface area contributed by atoms with Gasteiger partial charge in [0.1, 0.15) is 11.7 Å². The highest BCUT2D eigenvalue weighted by molar-refractivity contribution is 6.03. The van der Waals surface area contributed by atoms with E-state index in [2.05, 4.69) is 0 Å². The lowest BCUT2D eigenvalue weighted by Gasteiger charge is -2.41. The molecule has 2 unspecified atom stereocenters. The van der Waals surface area contributed by atoms with Crippen LogP contribution in [0.15, 0.2) is 30.3 Å². The number of carbonyl (C=O) groups excluding carboxylic acids is 2. The van der Waals surface area contributed by atoms with Gasteiger partial charge in [-0.1, -0.05) is 39.0 Å². The molecule has 1 heterocycles. The molecule has 130 valence electrons. The maximum atomic E-state index is 13.1. The predicted octanol–water partition coefficient (Wildman–Crippen LogP) is 2.21. The van der Waals surface area contributed by atoms with Crippen LogP contribution in [0.5, 0.6) is 0 Å². The maximum Gasteiger partial charge on any atom is 0.306 e. The first-order chi connectivity index (χ1) is 11.0. The summed E-state index contributed by atoms with van der Waals surface area (Å²) in [6.45, 7) is 7.32. The zero-order valence-electron chi connectivity index (χ0n) is 14.7. The van der Waals surface area contributed by atoms with E-state index in [1.54, 1.807) is 37.4 Å². The highest BCUT2D eigenvalue weighted by Gasteiger charge is 2.59. The van der Waals surface area contributed by atoms with Gasteiger partial charge in [-0.05, 0) is 19.1 Å². The van der Waals surface area contributed by atoms with Gasteiger partial charge in [-0.3, -0.25) is 14.4 Å².